The molecular formula is C10H12ClN5. The summed E-state index contributed by atoms with van der Waals surface area (Å²) >= 11 is 5.75. The van der Waals surface area contributed by atoms with Crippen molar-refractivity contribution in [2.75, 3.05) is 38.1 Å². The van der Waals surface area contributed by atoms with E-state index in [1.54, 1.807) is 0 Å². The Bertz CT molecular complexity index is 420. The molecule has 5 nitrogen and oxygen atoms in total. The fourth-order valence-corrected chi connectivity index (χ4v) is 1.82. The number of piperazine rings is 1. The average Bonchev–Trinajstić information content (AvgIpc) is 2.30. The van der Waals surface area contributed by atoms with Crippen LogP contribution in [0.5, 0.6) is 0 Å². The van der Waals surface area contributed by atoms with E-state index >= 15 is 0 Å². The Kier molecular flexibility index (Phi) is 3.22. The normalized spacial score (nSPS) is 17.2. The topological polar surface area (TPSA) is 56.1 Å². The van der Waals surface area contributed by atoms with Crippen molar-refractivity contribution in [3.8, 4) is 6.07 Å². The van der Waals surface area contributed by atoms with Crippen molar-refractivity contribution in [1.29, 1.82) is 5.26 Å². The predicted octanol–water partition coefficient (Wildman–Crippen LogP) is 0.753. The second-order valence-corrected chi connectivity index (χ2v) is 4.12. The first-order valence-corrected chi connectivity index (χ1v) is 5.44. The van der Waals surface area contributed by atoms with Crippen LogP contribution < -0.4 is 4.90 Å². The number of rotatable bonds is 1. The van der Waals surface area contributed by atoms with Gasteiger partial charge in [-0.15, -0.1) is 0 Å². The molecule has 0 aromatic carbocycles. The Balaban J connectivity index is 2.26. The third kappa shape index (κ3) is 2.23. The molecule has 1 aromatic heterocycles. The van der Waals surface area contributed by atoms with E-state index < -0.39 is 0 Å². The minimum atomic E-state index is 0.188. The molecule has 1 fully saturated rings. The lowest BCUT2D eigenvalue weighted by molar-refractivity contribution is 0.312. The molecule has 0 aliphatic carbocycles. The van der Waals surface area contributed by atoms with Gasteiger partial charge in [0.1, 0.15) is 11.6 Å². The number of nitriles is 1. The Labute approximate surface area is 99.3 Å². The lowest BCUT2D eigenvalue weighted by Crippen LogP contribution is -2.45. The minimum absolute atomic E-state index is 0.188. The molecule has 1 aliphatic rings. The van der Waals surface area contributed by atoms with Gasteiger partial charge in [-0.25, -0.2) is 4.98 Å². The van der Waals surface area contributed by atoms with Gasteiger partial charge in [0.05, 0.1) is 6.20 Å². The summed E-state index contributed by atoms with van der Waals surface area (Å²) in [4.78, 5) is 12.3. The van der Waals surface area contributed by atoms with Crippen LogP contribution in [-0.4, -0.2) is 48.1 Å². The summed E-state index contributed by atoms with van der Waals surface area (Å²) in [5.74, 6) is 0.649. The molecule has 0 spiro atoms. The third-order valence-corrected chi connectivity index (χ3v) is 2.84. The Morgan fingerprint density at radius 3 is 2.69 bits per heavy atom. The average molecular weight is 238 g/mol. The van der Waals surface area contributed by atoms with Gasteiger partial charge < -0.3 is 9.80 Å². The van der Waals surface area contributed by atoms with Gasteiger partial charge in [-0.1, -0.05) is 0 Å². The maximum Gasteiger partial charge on any atom is 0.224 e. The van der Waals surface area contributed by atoms with Crippen LogP contribution in [0.25, 0.3) is 0 Å². The van der Waals surface area contributed by atoms with Crippen LogP contribution in [0.2, 0.25) is 5.28 Å². The molecule has 2 rings (SSSR count). The van der Waals surface area contributed by atoms with Gasteiger partial charge in [-0.3, -0.25) is 0 Å². The van der Waals surface area contributed by atoms with E-state index in [1.165, 1.54) is 6.20 Å². The summed E-state index contributed by atoms with van der Waals surface area (Å²) in [7, 11) is 2.08. The van der Waals surface area contributed by atoms with Gasteiger partial charge in [0, 0.05) is 26.2 Å². The summed E-state index contributed by atoms with van der Waals surface area (Å²) < 4.78 is 0. The van der Waals surface area contributed by atoms with E-state index in [-0.39, 0.29) is 5.28 Å². The van der Waals surface area contributed by atoms with Crippen molar-refractivity contribution >= 4 is 17.4 Å². The maximum absolute atomic E-state index is 8.98. The Morgan fingerprint density at radius 1 is 1.38 bits per heavy atom. The van der Waals surface area contributed by atoms with Crippen molar-refractivity contribution in [2.24, 2.45) is 0 Å². The molecule has 0 N–H and O–H groups in total. The largest absolute Gasteiger partial charge is 0.353 e. The third-order valence-electron chi connectivity index (χ3n) is 2.66. The Hall–Kier alpha value is -1.38. The standard InChI is InChI=1S/C10H12ClN5/c1-15-2-4-16(5-3-15)9-8(6-12)7-13-10(11)14-9/h7H,2-5H2,1H3. The minimum Gasteiger partial charge on any atom is -0.353 e. The van der Waals surface area contributed by atoms with Crippen LogP contribution in [0.15, 0.2) is 6.20 Å². The van der Waals surface area contributed by atoms with Crippen LogP contribution in [0, 0.1) is 11.3 Å². The van der Waals surface area contributed by atoms with Crippen molar-refractivity contribution in [3.05, 3.63) is 17.0 Å². The number of likely N-dealkylation sites (N-methyl/N-ethyl adjacent to an activating group) is 1. The first-order chi connectivity index (χ1) is 7.70. The maximum atomic E-state index is 8.98. The lowest BCUT2D eigenvalue weighted by atomic mass is 10.2. The zero-order valence-electron chi connectivity index (χ0n) is 9.02. The molecule has 0 radical (unpaired) electrons. The summed E-state index contributed by atoms with van der Waals surface area (Å²) in [5.41, 5.74) is 0.481. The molecule has 0 atom stereocenters. The molecule has 1 saturated heterocycles. The molecule has 84 valence electrons. The van der Waals surface area contributed by atoms with Crippen LogP contribution in [0.3, 0.4) is 0 Å². The predicted molar refractivity (Wildman–Crippen MR) is 61.5 cm³/mol. The lowest BCUT2D eigenvalue weighted by Gasteiger charge is -2.33. The summed E-state index contributed by atoms with van der Waals surface area (Å²) in [6.45, 7) is 3.65. The van der Waals surface area contributed by atoms with Gasteiger partial charge in [0.25, 0.3) is 0 Å². The molecule has 0 bridgehead atoms. The van der Waals surface area contributed by atoms with Crippen LogP contribution in [0.1, 0.15) is 5.56 Å². The molecular weight excluding hydrogens is 226 g/mol. The van der Waals surface area contributed by atoms with Gasteiger partial charge in [0.2, 0.25) is 5.28 Å². The van der Waals surface area contributed by atoms with Gasteiger partial charge in [0.15, 0.2) is 5.82 Å². The molecule has 1 aromatic rings. The number of hydrogen-bond donors (Lipinski definition) is 0. The van der Waals surface area contributed by atoms with Crippen molar-refractivity contribution in [2.45, 2.75) is 0 Å². The van der Waals surface area contributed by atoms with Crippen molar-refractivity contribution in [1.82, 2.24) is 14.9 Å². The van der Waals surface area contributed by atoms with E-state index in [2.05, 4.69) is 32.9 Å². The molecule has 1 aliphatic heterocycles. The van der Waals surface area contributed by atoms with Crippen molar-refractivity contribution in [3.63, 3.8) is 0 Å². The van der Waals surface area contributed by atoms with Gasteiger partial charge in [-0.05, 0) is 18.6 Å². The first-order valence-electron chi connectivity index (χ1n) is 5.07. The molecule has 0 saturated carbocycles. The van der Waals surface area contributed by atoms with E-state index in [9.17, 15) is 0 Å². The van der Waals surface area contributed by atoms with Crippen LogP contribution in [-0.2, 0) is 0 Å². The second-order valence-electron chi connectivity index (χ2n) is 3.78. The molecule has 16 heavy (non-hydrogen) atoms. The highest BCUT2D eigenvalue weighted by molar-refractivity contribution is 6.28. The zero-order valence-corrected chi connectivity index (χ0v) is 9.78. The second kappa shape index (κ2) is 4.64. The highest BCUT2D eigenvalue weighted by Crippen LogP contribution is 2.19. The number of nitrogens with zero attached hydrogens (tertiary/aromatic N) is 5. The number of halogens is 1. The molecule has 2 heterocycles. The fourth-order valence-electron chi connectivity index (χ4n) is 1.69. The van der Waals surface area contributed by atoms with Crippen LogP contribution in [0.4, 0.5) is 5.82 Å². The highest BCUT2D eigenvalue weighted by Gasteiger charge is 2.18. The monoisotopic (exact) mass is 237 g/mol. The zero-order chi connectivity index (χ0) is 11.5. The number of hydrogen-bond acceptors (Lipinski definition) is 5. The number of aromatic nitrogens is 2. The Morgan fingerprint density at radius 2 is 2.06 bits per heavy atom. The summed E-state index contributed by atoms with van der Waals surface area (Å²) in [5, 5.41) is 9.17. The van der Waals surface area contributed by atoms with Gasteiger partial charge >= 0.3 is 0 Å². The number of anilines is 1. The van der Waals surface area contributed by atoms with Gasteiger partial charge in [-0.2, -0.15) is 10.2 Å². The molecule has 6 heteroatoms. The fraction of sp³-hybridized carbons (Fsp3) is 0.500. The van der Waals surface area contributed by atoms with E-state index in [4.69, 9.17) is 16.9 Å². The summed E-state index contributed by atoms with van der Waals surface area (Å²) in [6.07, 6.45) is 1.48. The van der Waals surface area contributed by atoms with Crippen LogP contribution >= 0.6 is 11.6 Å². The quantitative estimate of drug-likeness (QED) is 0.675. The smallest absolute Gasteiger partial charge is 0.224 e. The SMILES string of the molecule is CN1CCN(c2nc(Cl)ncc2C#N)CC1. The van der Waals surface area contributed by atoms with E-state index in [1.807, 2.05) is 0 Å². The van der Waals surface area contributed by atoms with E-state index in [0.717, 1.165) is 26.2 Å². The summed E-state index contributed by atoms with van der Waals surface area (Å²) in [6, 6.07) is 2.09. The first kappa shape index (κ1) is 11.1. The van der Waals surface area contributed by atoms with Crippen molar-refractivity contribution < 1.29 is 0 Å². The highest BCUT2D eigenvalue weighted by atomic mass is 35.5. The molecule has 0 unspecified atom stereocenters. The molecule has 0 amide bonds. The van der Waals surface area contributed by atoms with E-state index in [0.29, 0.717) is 11.4 Å².